The Morgan fingerprint density at radius 3 is 1.91 bits per heavy atom. The van der Waals surface area contributed by atoms with Gasteiger partial charge < -0.3 is 13.9 Å². The van der Waals surface area contributed by atoms with E-state index in [0.29, 0.717) is 5.52 Å². The van der Waals surface area contributed by atoms with Crippen LogP contribution in [0.15, 0.2) is 205 Å². The predicted octanol–water partition coefficient (Wildman–Crippen LogP) is 14.8. The second-order valence-electron chi connectivity index (χ2n) is 14.3. The molecule has 4 heteroatoms. The van der Waals surface area contributed by atoms with Gasteiger partial charge in [-0.15, -0.1) is 0 Å². The van der Waals surface area contributed by atoms with Crippen LogP contribution in [0.2, 0.25) is 0 Å². The van der Waals surface area contributed by atoms with Crippen molar-refractivity contribution >= 4 is 71.6 Å². The van der Waals surface area contributed by atoms with Gasteiger partial charge in [0.25, 0.3) is 0 Å². The Hall–Kier alpha value is -7.43. The third-order valence-electron chi connectivity index (χ3n) is 11.0. The molecular weight excluding hydrogens is 688 g/mol. The summed E-state index contributed by atoms with van der Waals surface area (Å²) in [6.45, 7) is 0. The van der Waals surface area contributed by atoms with Crippen molar-refractivity contribution in [3.8, 4) is 27.9 Å². The molecule has 0 N–H and O–H groups in total. The van der Waals surface area contributed by atoms with Crippen molar-refractivity contribution in [3.05, 3.63) is 206 Å². The predicted molar refractivity (Wildman–Crippen MR) is 231 cm³/mol. The summed E-state index contributed by atoms with van der Waals surface area (Å²) in [5.41, 5.74) is 11.6. The van der Waals surface area contributed by atoms with Gasteiger partial charge in [0.15, 0.2) is 0 Å². The van der Waals surface area contributed by atoms with Gasteiger partial charge in [-0.25, -0.2) is 4.39 Å². The first-order valence-electron chi connectivity index (χ1n) is 18.9. The number of benzene rings is 9. The van der Waals surface area contributed by atoms with E-state index >= 15 is 4.39 Å². The minimum atomic E-state index is -0.250. The number of aromatic nitrogens is 1. The lowest BCUT2D eigenvalue weighted by molar-refractivity contribution is 0.635. The van der Waals surface area contributed by atoms with Gasteiger partial charge in [0, 0.05) is 49.9 Å². The molecule has 3 nitrogen and oxygen atoms in total. The standard InChI is InChI=1S/C52H33FN2O/c53-48-19-9-17-46-44-14-3-5-20-49(44)55(51(46)48)42-13-7-12-41(33-42)54(39-28-24-35(25-29-39)38-23-22-34-10-1-2-11-37(34)32-38)40-30-26-36(27-31-40)43-16-8-18-47-45-15-4-6-21-50(45)56-52(43)47/h1-33H. The summed E-state index contributed by atoms with van der Waals surface area (Å²) in [7, 11) is 0. The number of anilines is 3. The number of halogens is 1. The maximum atomic E-state index is 15.7. The molecule has 0 amide bonds. The van der Waals surface area contributed by atoms with Crippen LogP contribution in [0.3, 0.4) is 0 Å². The fourth-order valence-electron chi connectivity index (χ4n) is 8.40. The Morgan fingerprint density at radius 1 is 0.429 bits per heavy atom. The molecule has 9 aromatic carbocycles. The Morgan fingerprint density at radius 2 is 1.07 bits per heavy atom. The molecule has 2 aromatic heterocycles. The van der Waals surface area contributed by atoms with Gasteiger partial charge in [0.1, 0.15) is 17.0 Å². The van der Waals surface area contributed by atoms with Crippen molar-refractivity contribution in [2.24, 2.45) is 0 Å². The third kappa shape index (κ3) is 5.19. The zero-order chi connectivity index (χ0) is 37.2. The highest BCUT2D eigenvalue weighted by atomic mass is 19.1. The van der Waals surface area contributed by atoms with Crippen LogP contribution in [-0.4, -0.2) is 4.57 Å². The molecule has 0 atom stereocenters. The van der Waals surface area contributed by atoms with Crippen LogP contribution in [-0.2, 0) is 0 Å². The zero-order valence-electron chi connectivity index (χ0n) is 30.2. The lowest BCUT2D eigenvalue weighted by Gasteiger charge is -2.26. The van der Waals surface area contributed by atoms with E-state index < -0.39 is 0 Å². The quantitative estimate of drug-likeness (QED) is 0.171. The maximum Gasteiger partial charge on any atom is 0.147 e. The summed E-state index contributed by atoms with van der Waals surface area (Å²) in [6, 6.07) is 68.9. The van der Waals surface area contributed by atoms with Gasteiger partial charge in [-0.05, 0) is 94.2 Å². The fraction of sp³-hybridized carbons (Fsp3) is 0. The van der Waals surface area contributed by atoms with Crippen LogP contribution < -0.4 is 4.90 Å². The summed E-state index contributed by atoms with van der Waals surface area (Å²) in [4.78, 5) is 2.27. The first-order valence-corrected chi connectivity index (χ1v) is 18.9. The van der Waals surface area contributed by atoms with Gasteiger partial charge in [0.05, 0.1) is 11.0 Å². The SMILES string of the molecule is Fc1cccc2c3ccccc3n(-c3cccc(N(c4ccc(-c5ccc6ccccc6c5)cc4)c4ccc(-c5cccc6c5oc5ccccc56)cc4)c3)c12. The molecule has 0 fully saturated rings. The van der Waals surface area contributed by atoms with Crippen molar-refractivity contribution in [1.29, 1.82) is 0 Å². The summed E-state index contributed by atoms with van der Waals surface area (Å²) >= 11 is 0. The minimum absolute atomic E-state index is 0.250. The Balaban J connectivity index is 1.05. The van der Waals surface area contributed by atoms with E-state index in [1.807, 2.05) is 34.9 Å². The fourth-order valence-corrected chi connectivity index (χ4v) is 8.40. The highest BCUT2D eigenvalue weighted by molar-refractivity contribution is 6.10. The summed E-state index contributed by atoms with van der Waals surface area (Å²) < 4.78 is 24.2. The van der Waals surface area contributed by atoms with Gasteiger partial charge >= 0.3 is 0 Å². The van der Waals surface area contributed by atoms with Crippen LogP contribution in [0, 0.1) is 5.82 Å². The minimum Gasteiger partial charge on any atom is -0.455 e. The number of hydrogen-bond donors (Lipinski definition) is 0. The molecule has 0 aliphatic rings. The molecule has 2 heterocycles. The van der Waals surface area contributed by atoms with Gasteiger partial charge in [-0.2, -0.15) is 0 Å². The van der Waals surface area contributed by atoms with Crippen molar-refractivity contribution in [2.75, 3.05) is 4.90 Å². The molecular formula is C52H33FN2O. The molecule has 264 valence electrons. The summed E-state index contributed by atoms with van der Waals surface area (Å²) in [6.07, 6.45) is 0. The highest BCUT2D eigenvalue weighted by Gasteiger charge is 2.19. The third-order valence-corrected chi connectivity index (χ3v) is 11.0. The van der Waals surface area contributed by atoms with Crippen LogP contribution in [0.4, 0.5) is 21.5 Å². The molecule has 0 saturated carbocycles. The van der Waals surface area contributed by atoms with Gasteiger partial charge in [-0.1, -0.05) is 133 Å². The molecule has 0 bridgehead atoms. The van der Waals surface area contributed by atoms with E-state index in [2.05, 4.69) is 163 Å². The molecule has 0 radical (unpaired) electrons. The number of fused-ring (bicyclic) bond motifs is 7. The molecule has 0 spiro atoms. The number of hydrogen-bond acceptors (Lipinski definition) is 2. The second kappa shape index (κ2) is 12.9. The van der Waals surface area contributed by atoms with E-state index in [1.54, 1.807) is 12.1 Å². The normalized spacial score (nSPS) is 11.7. The smallest absolute Gasteiger partial charge is 0.147 e. The van der Waals surface area contributed by atoms with E-state index in [9.17, 15) is 0 Å². The largest absolute Gasteiger partial charge is 0.455 e. The van der Waals surface area contributed by atoms with E-state index in [1.165, 1.54) is 16.3 Å². The molecule has 56 heavy (non-hydrogen) atoms. The van der Waals surface area contributed by atoms with E-state index in [4.69, 9.17) is 4.42 Å². The maximum absolute atomic E-state index is 15.7. The average Bonchev–Trinajstić information content (AvgIpc) is 3.81. The number of furan rings is 1. The van der Waals surface area contributed by atoms with Gasteiger partial charge in [0.2, 0.25) is 0 Å². The zero-order valence-corrected chi connectivity index (χ0v) is 30.2. The Kier molecular flexibility index (Phi) is 7.36. The Bertz CT molecular complexity index is 3270. The molecule has 0 aliphatic carbocycles. The molecule has 0 unspecified atom stereocenters. The van der Waals surface area contributed by atoms with E-state index in [0.717, 1.165) is 77.7 Å². The van der Waals surface area contributed by atoms with E-state index in [-0.39, 0.29) is 5.82 Å². The van der Waals surface area contributed by atoms with Gasteiger partial charge in [-0.3, -0.25) is 0 Å². The number of para-hydroxylation sites is 4. The van der Waals surface area contributed by atoms with Crippen molar-refractivity contribution < 1.29 is 8.81 Å². The first kappa shape index (κ1) is 32.0. The second-order valence-corrected chi connectivity index (χ2v) is 14.3. The molecule has 11 rings (SSSR count). The topological polar surface area (TPSA) is 21.3 Å². The number of nitrogens with zero attached hydrogens (tertiary/aromatic N) is 2. The first-order chi connectivity index (χ1) is 27.7. The van der Waals surface area contributed by atoms with Crippen LogP contribution >= 0.6 is 0 Å². The van der Waals surface area contributed by atoms with Crippen molar-refractivity contribution in [1.82, 2.24) is 4.57 Å². The molecule has 0 saturated heterocycles. The van der Waals surface area contributed by atoms with Crippen LogP contribution in [0.25, 0.3) is 82.5 Å². The summed E-state index contributed by atoms with van der Waals surface area (Å²) in [5.74, 6) is -0.250. The van der Waals surface area contributed by atoms with Crippen LogP contribution in [0.5, 0.6) is 0 Å². The Labute approximate surface area is 322 Å². The molecule has 11 aromatic rings. The average molecular weight is 721 g/mol. The van der Waals surface area contributed by atoms with Crippen LogP contribution in [0.1, 0.15) is 0 Å². The number of rotatable bonds is 6. The lowest BCUT2D eigenvalue weighted by Crippen LogP contribution is -2.10. The lowest BCUT2D eigenvalue weighted by atomic mass is 10.0. The van der Waals surface area contributed by atoms with Crippen molar-refractivity contribution in [3.63, 3.8) is 0 Å². The monoisotopic (exact) mass is 720 g/mol. The van der Waals surface area contributed by atoms with Crippen molar-refractivity contribution in [2.45, 2.75) is 0 Å². The highest BCUT2D eigenvalue weighted by Crippen LogP contribution is 2.41. The molecule has 0 aliphatic heterocycles. The summed E-state index contributed by atoms with van der Waals surface area (Å²) in [5, 5.41) is 6.57.